The second kappa shape index (κ2) is 8.00. The van der Waals surface area contributed by atoms with E-state index in [2.05, 4.69) is 9.46 Å². The number of rotatable bonds is 6. The molecular formula is C16H14F3NO4S2. The highest BCUT2D eigenvalue weighted by atomic mass is 32.2. The van der Waals surface area contributed by atoms with Gasteiger partial charge in [0, 0.05) is 4.90 Å². The van der Waals surface area contributed by atoms with Crippen LogP contribution in [0.3, 0.4) is 0 Å². The van der Waals surface area contributed by atoms with Crippen molar-refractivity contribution >= 4 is 33.4 Å². The van der Waals surface area contributed by atoms with Crippen LogP contribution in [0, 0.1) is 0 Å². The maximum Gasteiger partial charge on any atom is 0.398 e. The Kier molecular flexibility index (Phi) is 6.19. The number of para-hydroxylation sites is 1. The molecule has 1 N–H and O–H groups in total. The minimum Gasteiger partial charge on any atom is -0.465 e. The van der Waals surface area contributed by atoms with E-state index in [-0.39, 0.29) is 21.0 Å². The predicted molar refractivity (Wildman–Crippen MR) is 91.8 cm³/mol. The summed E-state index contributed by atoms with van der Waals surface area (Å²) >= 11 is 0.475. The van der Waals surface area contributed by atoms with Crippen molar-refractivity contribution in [1.29, 1.82) is 0 Å². The number of hydrogen-bond acceptors (Lipinski definition) is 5. The number of esters is 1. The van der Waals surface area contributed by atoms with Gasteiger partial charge in [-0.3, -0.25) is 4.72 Å². The summed E-state index contributed by atoms with van der Waals surface area (Å²) in [6.45, 7) is 0. The van der Waals surface area contributed by atoms with Gasteiger partial charge in [-0.2, -0.15) is 13.2 Å². The Bertz CT molecular complexity index is 898. The lowest BCUT2D eigenvalue weighted by atomic mass is 10.2. The molecule has 0 atom stereocenters. The molecule has 0 aliphatic carbocycles. The SMILES string of the molecule is COC(=O)c1cccc(S(=O)(=O)Nc2ccccc2SCC(F)(F)F)c1. The normalized spacial score (nSPS) is 11.8. The van der Waals surface area contributed by atoms with E-state index in [1.165, 1.54) is 42.5 Å². The summed E-state index contributed by atoms with van der Waals surface area (Å²) in [4.78, 5) is 11.5. The van der Waals surface area contributed by atoms with Gasteiger partial charge in [0.1, 0.15) is 0 Å². The third-order valence-corrected chi connectivity index (χ3v) is 5.59. The molecule has 0 spiro atoms. The van der Waals surface area contributed by atoms with E-state index in [1.54, 1.807) is 0 Å². The molecule has 26 heavy (non-hydrogen) atoms. The van der Waals surface area contributed by atoms with Crippen LogP contribution in [0.15, 0.2) is 58.3 Å². The highest BCUT2D eigenvalue weighted by molar-refractivity contribution is 7.99. The maximum atomic E-state index is 12.5. The van der Waals surface area contributed by atoms with Crippen molar-refractivity contribution in [2.45, 2.75) is 16.0 Å². The zero-order valence-electron chi connectivity index (χ0n) is 13.4. The standard InChI is InChI=1S/C16H14F3NO4S2/c1-24-15(21)11-5-4-6-12(9-11)26(22,23)20-13-7-2-3-8-14(13)25-10-16(17,18)19/h2-9,20H,10H2,1H3. The molecule has 140 valence electrons. The molecule has 2 rings (SSSR count). The minimum absolute atomic E-state index is 0.0187. The summed E-state index contributed by atoms with van der Waals surface area (Å²) in [5, 5.41) is 0. The first-order chi connectivity index (χ1) is 12.1. The predicted octanol–water partition coefficient (Wildman–Crippen LogP) is 3.93. The molecule has 0 aromatic heterocycles. The van der Waals surface area contributed by atoms with Crippen LogP contribution in [-0.2, 0) is 14.8 Å². The van der Waals surface area contributed by atoms with Crippen LogP contribution >= 0.6 is 11.8 Å². The number of alkyl halides is 3. The van der Waals surface area contributed by atoms with E-state index in [0.717, 1.165) is 13.2 Å². The number of halogens is 3. The zero-order valence-corrected chi connectivity index (χ0v) is 15.0. The van der Waals surface area contributed by atoms with E-state index in [9.17, 15) is 26.4 Å². The molecule has 0 saturated carbocycles. The van der Waals surface area contributed by atoms with Crippen molar-refractivity contribution < 1.29 is 31.1 Å². The van der Waals surface area contributed by atoms with E-state index in [1.807, 2.05) is 0 Å². The van der Waals surface area contributed by atoms with Crippen molar-refractivity contribution in [2.75, 3.05) is 17.6 Å². The number of methoxy groups -OCH3 is 1. The first kappa shape index (κ1) is 20.1. The van der Waals surface area contributed by atoms with E-state index in [4.69, 9.17) is 0 Å². The monoisotopic (exact) mass is 405 g/mol. The first-order valence-electron chi connectivity index (χ1n) is 7.12. The minimum atomic E-state index is -4.38. The van der Waals surface area contributed by atoms with Gasteiger partial charge >= 0.3 is 12.1 Å². The first-order valence-corrected chi connectivity index (χ1v) is 9.59. The lowest BCUT2D eigenvalue weighted by molar-refractivity contribution is -0.105. The molecule has 0 bridgehead atoms. The summed E-state index contributed by atoms with van der Waals surface area (Å²) < 4.78 is 69.1. The maximum absolute atomic E-state index is 12.5. The fraction of sp³-hybridized carbons (Fsp3) is 0.188. The van der Waals surface area contributed by atoms with Gasteiger partial charge in [0.25, 0.3) is 10.0 Å². The molecule has 0 heterocycles. The second-order valence-corrected chi connectivity index (χ2v) is 7.72. The molecule has 0 amide bonds. The van der Waals surface area contributed by atoms with Crippen LogP contribution in [0.1, 0.15) is 10.4 Å². The molecule has 2 aromatic rings. The van der Waals surface area contributed by atoms with Crippen LogP contribution in [0.25, 0.3) is 0 Å². The second-order valence-electron chi connectivity index (χ2n) is 5.02. The van der Waals surface area contributed by atoms with E-state index >= 15 is 0 Å². The van der Waals surface area contributed by atoms with Gasteiger partial charge < -0.3 is 4.74 Å². The summed E-state index contributed by atoms with van der Waals surface area (Å²) in [5.41, 5.74) is 0.0559. The number of thioether (sulfide) groups is 1. The largest absolute Gasteiger partial charge is 0.465 e. The molecule has 0 fully saturated rings. The highest BCUT2D eigenvalue weighted by Gasteiger charge is 2.28. The van der Waals surface area contributed by atoms with Crippen molar-refractivity contribution in [3.05, 3.63) is 54.1 Å². The summed E-state index contributed by atoms with van der Waals surface area (Å²) in [7, 11) is -2.94. The average Bonchev–Trinajstić information content (AvgIpc) is 2.59. The van der Waals surface area contributed by atoms with Gasteiger partial charge in [-0.15, -0.1) is 11.8 Å². The Morgan fingerprint density at radius 2 is 1.85 bits per heavy atom. The Balaban J connectivity index is 2.29. The number of benzene rings is 2. The van der Waals surface area contributed by atoms with E-state index in [0.29, 0.717) is 11.8 Å². The third kappa shape index (κ3) is 5.40. The molecule has 10 heteroatoms. The summed E-state index contributed by atoms with van der Waals surface area (Å²) in [6, 6.07) is 10.9. The van der Waals surface area contributed by atoms with Gasteiger partial charge in [0.05, 0.1) is 29.0 Å². The van der Waals surface area contributed by atoms with Gasteiger partial charge in [0.15, 0.2) is 0 Å². The van der Waals surface area contributed by atoms with Crippen LogP contribution in [-0.4, -0.2) is 33.4 Å². The fourth-order valence-electron chi connectivity index (χ4n) is 1.95. The average molecular weight is 405 g/mol. The van der Waals surface area contributed by atoms with Crippen molar-refractivity contribution in [2.24, 2.45) is 0 Å². The summed E-state index contributed by atoms with van der Waals surface area (Å²) in [6.07, 6.45) is -4.38. The van der Waals surface area contributed by atoms with Gasteiger partial charge in [0.2, 0.25) is 0 Å². The molecular weight excluding hydrogens is 391 g/mol. The van der Waals surface area contributed by atoms with Crippen molar-refractivity contribution in [3.63, 3.8) is 0 Å². The molecule has 0 unspecified atom stereocenters. The lowest BCUT2D eigenvalue weighted by Gasteiger charge is -2.13. The molecule has 0 saturated heterocycles. The van der Waals surface area contributed by atoms with Gasteiger partial charge in [-0.25, -0.2) is 13.2 Å². The number of carbonyl (C=O) groups excluding carboxylic acids is 1. The number of ether oxygens (including phenoxy) is 1. The number of hydrogen-bond donors (Lipinski definition) is 1. The molecule has 0 aliphatic heterocycles. The van der Waals surface area contributed by atoms with Gasteiger partial charge in [-0.05, 0) is 30.3 Å². The number of sulfonamides is 1. The lowest BCUT2D eigenvalue weighted by Crippen LogP contribution is -2.15. The van der Waals surface area contributed by atoms with Crippen LogP contribution in [0.4, 0.5) is 18.9 Å². The van der Waals surface area contributed by atoms with Crippen molar-refractivity contribution in [3.8, 4) is 0 Å². The zero-order chi connectivity index (χ0) is 19.4. The molecule has 0 radical (unpaired) electrons. The Morgan fingerprint density at radius 1 is 1.15 bits per heavy atom. The highest BCUT2D eigenvalue weighted by Crippen LogP contribution is 2.33. The summed E-state index contributed by atoms with van der Waals surface area (Å²) in [5.74, 6) is -1.85. The van der Waals surface area contributed by atoms with Crippen LogP contribution < -0.4 is 4.72 Å². The van der Waals surface area contributed by atoms with Crippen LogP contribution in [0.2, 0.25) is 0 Å². The third-order valence-electron chi connectivity index (χ3n) is 3.09. The molecule has 2 aromatic carbocycles. The molecule has 0 aliphatic rings. The smallest absolute Gasteiger partial charge is 0.398 e. The number of anilines is 1. The number of nitrogens with one attached hydrogen (secondary N) is 1. The fourth-order valence-corrected chi connectivity index (χ4v) is 3.91. The Labute approximate surface area is 152 Å². The Hall–Kier alpha value is -2.20. The quantitative estimate of drug-likeness (QED) is 0.582. The molecule has 5 nitrogen and oxygen atoms in total. The number of carbonyl (C=O) groups is 1. The van der Waals surface area contributed by atoms with Gasteiger partial charge in [-0.1, -0.05) is 18.2 Å². The van der Waals surface area contributed by atoms with Crippen molar-refractivity contribution in [1.82, 2.24) is 0 Å². The van der Waals surface area contributed by atoms with Crippen LogP contribution in [0.5, 0.6) is 0 Å². The Morgan fingerprint density at radius 3 is 2.50 bits per heavy atom. The van der Waals surface area contributed by atoms with E-state index < -0.39 is 27.9 Å². The topological polar surface area (TPSA) is 72.5 Å².